The third-order valence-corrected chi connectivity index (χ3v) is 13.0. The molecular weight excluding hydrogens is 569 g/mol. The van der Waals surface area contributed by atoms with Gasteiger partial charge in [-0.25, -0.2) is 0 Å². The number of carbonyl (C=O) groups excluding carboxylic acids is 3. The molecule has 222 valence electrons. The van der Waals surface area contributed by atoms with E-state index in [1.165, 1.54) is 55.3 Å². The highest BCUT2D eigenvalue weighted by molar-refractivity contribution is 8.26. The number of ether oxygens (including phenoxy) is 2. The molecule has 0 atom stereocenters. The molecule has 42 heavy (non-hydrogen) atoms. The van der Waals surface area contributed by atoms with Crippen molar-refractivity contribution in [2.75, 3.05) is 7.11 Å². The Hall–Kier alpha value is -2.39. The highest BCUT2D eigenvalue weighted by atomic mass is 32.2. The Morgan fingerprint density at radius 1 is 0.881 bits per heavy atom. The second-order valence-corrected chi connectivity index (χ2v) is 16.3. The van der Waals surface area contributed by atoms with Gasteiger partial charge in [-0.05, 0) is 149 Å². The Labute approximate surface area is 256 Å². The van der Waals surface area contributed by atoms with Gasteiger partial charge in [0.2, 0.25) is 5.91 Å². The molecule has 8 aliphatic carbocycles. The van der Waals surface area contributed by atoms with Crippen molar-refractivity contribution in [1.82, 2.24) is 10.4 Å². The number of hydrogen-bond donors (Lipinski definition) is 1. The first kappa shape index (κ1) is 27.2. The first-order valence-electron chi connectivity index (χ1n) is 15.7. The number of hydrogen-bond acceptors (Lipinski definition) is 7. The van der Waals surface area contributed by atoms with Gasteiger partial charge in [-0.1, -0.05) is 17.8 Å². The van der Waals surface area contributed by atoms with E-state index >= 15 is 0 Å². The molecule has 0 spiro atoms. The molecule has 7 nitrogen and oxygen atoms in total. The van der Waals surface area contributed by atoms with Gasteiger partial charge in [-0.15, -0.1) is 0 Å². The molecule has 8 bridgehead atoms. The molecule has 0 radical (unpaired) electrons. The zero-order chi connectivity index (χ0) is 28.8. The number of esters is 1. The predicted molar refractivity (Wildman–Crippen MR) is 163 cm³/mol. The highest BCUT2D eigenvalue weighted by Gasteiger charge is 2.57. The van der Waals surface area contributed by atoms with Crippen molar-refractivity contribution in [1.29, 1.82) is 0 Å². The van der Waals surface area contributed by atoms with E-state index in [4.69, 9.17) is 21.7 Å². The molecule has 1 saturated heterocycles. The molecule has 9 heteroatoms. The second kappa shape index (κ2) is 9.81. The summed E-state index contributed by atoms with van der Waals surface area (Å²) in [6, 6.07) is 5.35. The fourth-order valence-corrected chi connectivity index (χ4v) is 11.9. The molecule has 9 aliphatic rings. The van der Waals surface area contributed by atoms with E-state index < -0.39 is 0 Å². The number of methoxy groups -OCH3 is 1. The van der Waals surface area contributed by atoms with Crippen LogP contribution in [0.15, 0.2) is 23.1 Å². The minimum atomic E-state index is -0.363. The monoisotopic (exact) mass is 606 g/mol. The summed E-state index contributed by atoms with van der Waals surface area (Å²) in [6.45, 7) is 0. The van der Waals surface area contributed by atoms with E-state index in [9.17, 15) is 14.4 Å². The Morgan fingerprint density at radius 3 is 1.93 bits per heavy atom. The summed E-state index contributed by atoms with van der Waals surface area (Å²) in [7, 11) is 1.56. The zero-order valence-electron chi connectivity index (χ0n) is 24.1. The molecule has 1 aromatic carbocycles. The predicted octanol–water partition coefficient (Wildman–Crippen LogP) is 6.27. The van der Waals surface area contributed by atoms with Crippen LogP contribution in [-0.2, 0) is 14.4 Å². The van der Waals surface area contributed by atoms with Crippen LogP contribution in [0.2, 0.25) is 0 Å². The third kappa shape index (κ3) is 4.44. The van der Waals surface area contributed by atoms with Crippen LogP contribution in [0.4, 0.5) is 0 Å². The molecule has 1 N–H and O–H groups in total. The highest BCUT2D eigenvalue weighted by Crippen LogP contribution is 2.61. The van der Waals surface area contributed by atoms with Gasteiger partial charge in [0.1, 0.15) is 0 Å². The van der Waals surface area contributed by atoms with Crippen molar-refractivity contribution in [3.8, 4) is 11.5 Å². The Bertz CT molecular complexity index is 1350. The molecule has 1 heterocycles. The lowest BCUT2D eigenvalue weighted by molar-refractivity contribution is -0.161. The lowest BCUT2D eigenvalue weighted by Crippen LogP contribution is -2.57. The van der Waals surface area contributed by atoms with Crippen molar-refractivity contribution in [3.05, 3.63) is 28.7 Å². The molecule has 2 amide bonds. The van der Waals surface area contributed by atoms with Crippen molar-refractivity contribution in [2.45, 2.75) is 77.0 Å². The number of nitrogens with one attached hydrogen (secondary N) is 1. The van der Waals surface area contributed by atoms with E-state index in [0.717, 1.165) is 44.1 Å². The molecule has 1 aliphatic heterocycles. The van der Waals surface area contributed by atoms with E-state index in [-0.39, 0.29) is 28.6 Å². The molecule has 0 unspecified atom stereocenters. The first-order valence-corrected chi connectivity index (χ1v) is 16.9. The number of thiocarbonyl (C=S) groups is 1. The van der Waals surface area contributed by atoms with Crippen LogP contribution in [0.3, 0.4) is 0 Å². The summed E-state index contributed by atoms with van der Waals surface area (Å²) in [6.07, 6.45) is 14.9. The summed E-state index contributed by atoms with van der Waals surface area (Å²) < 4.78 is 12.0. The van der Waals surface area contributed by atoms with Crippen molar-refractivity contribution < 1.29 is 23.9 Å². The summed E-state index contributed by atoms with van der Waals surface area (Å²) in [5, 5.41) is 1.26. The minimum absolute atomic E-state index is 0.0500. The van der Waals surface area contributed by atoms with Crippen LogP contribution >= 0.6 is 24.0 Å². The van der Waals surface area contributed by atoms with Gasteiger partial charge in [-0.3, -0.25) is 19.8 Å². The van der Waals surface area contributed by atoms with Crippen LogP contribution in [0, 0.1) is 46.3 Å². The lowest BCUT2D eigenvalue weighted by Gasteiger charge is -2.55. The maximum atomic E-state index is 13.6. The van der Waals surface area contributed by atoms with Gasteiger partial charge >= 0.3 is 5.97 Å². The molecule has 8 saturated carbocycles. The fraction of sp³-hybridized carbons (Fsp3) is 0.636. The normalized spacial score (nSPS) is 40.2. The van der Waals surface area contributed by atoms with Crippen molar-refractivity contribution in [2.24, 2.45) is 46.3 Å². The Kier molecular flexibility index (Phi) is 6.35. The van der Waals surface area contributed by atoms with Crippen LogP contribution in [0.25, 0.3) is 6.08 Å². The van der Waals surface area contributed by atoms with Gasteiger partial charge in [-0.2, -0.15) is 5.01 Å². The zero-order valence-corrected chi connectivity index (χ0v) is 25.7. The van der Waals surface area contributed by atoms with Crippen LogP contribution in [-0.4, -0.2) is 34.2 Å². The third-order valence-electron chi connectivity index (χ3n) is 11.7. The largest absolute Gasteiger partial charge is 0.493 e. The summed E-state index contributed by atoms with van der Waals surface area (Å²) in [4.78, 5) is 40.9. The average Bonchev–Trinajstić information content (AvgIpc) is 3.19. The number of thioether (sulfide) groups is 1. The maximum Gasteiger partial charge on any atom is 0.317 e. The standard InChI is InChI=1S/C33H38N2O5S2/c1-39-26-10-18(2-3-25(26)40-30(38)33-15-22-7-23(16-33)9-24(8-22)17-33)11-27-28(36)35(31(41)42-27)34-29(37)32-12-19-4-20(13-32)6-21(5-19)14-32/h2-3,10-11,19-24H,4-9,12-17H2,1H3,(H,34,37). The molecule has 1 aromatic rings. The SMILES string of the molecule is COc1cc(C=C2SC(=S)N(NC(=O)C34CC5CC(CC(C5)C3)C4)C2=O)ccc1OC(=O)C12CC3CC(CC(C3)C1)C2. The summed E-state index contributed by atoms with van der Waals surface area (Å²) >= 11 is 6.71. The maximum absolute atomic E-state index is 13.6. The van der Waals surface area contributed by atoms with E-state index in [1.54, 1.807) is 25.3 Å². The number of rotatable bonds is 6. The van der Waals surface area contributed by atoms with Crippen molar-refractivity contribution >= 4 is 52.2 Å². The summed E-state index contributed by atoms with van der Waals surface area (Å²) in [5.74, 6) is 4.25. The van der Waals surface area contributed by atoms with Crippen LogP contribution in [0.5, 0.6) is 11.5 Å². The quantitative estimate of drug-likeness (QED) is 0.177. The summed E-state index contributed by atoms with van der Waals surface area (Å²) in [5.41, 5.74) is 2.93. The number of carbonyl (C=O) groups is 3. The van der Waals surface area contributed by atoms with Gasteiger partial charge in [0.05, 0.1) is 22.8 Å². The smallest absolute Gasteiger partial charge is 0.317 e. The number of hydrazine groups is 1. The molecular formula is C33H38N2O5S2. The number of nitrogens with zero attached hydrogens (tertiary/aromatic N) is 1. The van der Waals surface area contributed by atoms with Crippen molar-refractivity contribution in [3.63, 3.8) is 0 Å². The fourth-order valence-electron chi connectivity index (χ4n) is 10.8. The second-order valence-electron chi connectivity index (χ2n) is 14.7. The minimum Gasteiger partial charge on any atom is -0.493 e. The lowest BCUT2D eigenvalue weighted by atomic mass is 9.49. The number of amides is 2. The van der Waals surface area contributed by atoms with Crippen LogP contribution in [0.1, 0.15) is 82.6 Å². The van der Waals surface area contributed by atoms with Gasteiger partial charge in [0.25, 0.3) is 5.91 Å². The van der Waals surface area contributed by atoms with E-state index in [0.29, 0.717) is 56.2 Å². The average molecular weight is 607 g/mol. The van der Waals surface area contributed by atoms with E-state index in [2.05, 4.69) is 5.43 Å². The Balaban J connectivity index is 0.963. The van der Waals surface area contributed by atoms with Crippen LogP contribution < -0.4 is 14.9 Å². The number of benzene rings is 1. The Morgan fingerprint density at radius 2 is 1.40 bits per heavy atom. The topological polar surface area (TPSA) is 84.9 Å². The van der Waals surface area contributed by atoms with Gasteiger partial charge in [0, 0.05) is 0 Å². The molecule has 0 aromatic heterocycles. The first-order chi connectivity index (χ1) is 20.2. The van der Waals surface area contributed by atoms with E-state index in [1.807, 2.05) is 6.07 Å². The van der Waals surface area contributed by atoms with Gasteiger partial charge in [0.15, 0.2) is 15.8 Å². The van der Waals surface area contributed by atoms with Gasteiger partial charge < -0.3 is 9.47 Å². The molecule has 10 rings (SSSR count). The molecule has 9 fully saturated rings.